The lowest BCUT2D eigenvalue weighted by atomic mass is 9.65. The fourth-order valence-electron chi connectivity index (χ4n) is 3.44. The summed E-state index contributed by atoms with van der Waals surface area (Å²) in [5.74, 6) is 0. The van der Waals surface area contributed by atoms with E-state index in [0.717, 1.165) is 5.56 Å². The molecule has 0 atom stereocenters. The van der Waals surface area contributed by atoms with Crippen LogP contribution in [0.3, 0.4) is 0 Å². The lowest BCUT2D eigenvalue weighted by Gasteiger charge is -2.38. The van der Waals surface area contributed by atoms with Crippen LogP contribution < -0.4 is 0 Å². The van der Waals surface area contributed by atoms with Crippen LogP contribution in [-0.2, 0) is 5.41 Å². The second-order valence-electron chi connectivity index (χ2n) is 5.60. The molecule has 0 aromatic heterocycles. The standard InChI is InChI=1S/C17H23N/c1-2-3-11-17(12-7-4-8-13-17)16-10-6-5-9-15(16)14-18/h5-6,9-10H,2-4,7-8,11-13H2,1H3. The molecule has 1 nitrogen and oxygen atoms in total. The molecule has 0 unspecified atom stereocenters. The molecule has 0 N–H and O–H groups in total. The first-order chi connectivity index (χ1) is 8.82. The maximum atomic E-state index is 9.34. The SMILES string of the molecule is CCCCC1(c2ccccc2C#N)CCCCC1. The van der Waals surface area contributed by atoms with E-state index in [1.807, 2.05) is 12.1 Å². The van der Waals surface area contributed by atoms with Crippen molar-refractivity contribution < 1.29 is 0 Å². The Labute approximate surface area is 111 Å². The highest BCUT2D eigenvalue weighted by molar-refractivity contribution is 5.42. The van der Waals surface area contributed by atoms with Gasteiger partial charge in [-0.15, -0.1) is 0 Å². The fourth-order valence-corrected chi connectivity index (χ4v) is 3.44. The molecule has 0 heterocycles. The van der Waals surface area contributed by atoms with Gasteiger partial charge in [-0.3, -0.25) is 0 Å². The zero-order chi connectivity index (χ0) is 12.8. The molecule has 96 valence electrons. The van der Waals surface area contributed by atoms with Gasteiger partial charge in [-0.05, 0) is 36.3 Å². The summed E-state index contributed by atoms with van der Waals surface area (Å²) in [4.78, 5) is 0. The van der Waals surface area contributed by atoms with Gasteiger partial charge in [0.05, 0.1) is 11.6 Å². The zero-order valence-electron chi connectivity index (χ0n) is 11.4. The second kappa shape index (κ2) is 6.05. The van der Waals surface area contributed by atoms with E-state index in [9.17, 15) is 5.26 Å². The van der Waals surface area contributed by atoms with Crippen LogP contribution in [0.5, 0.6) is 0 Å². The lowest BCUT2D eigenvalue weighted by molar-refractivity contribution is 0.267. The average Bonchev–Trinajstić information content (AvgIpc) is 2.46. The van der Waals surface area contributed by atoms with E-state index in [0.29, 0.717) is 5.41 Å². The van der Waals surface area contributed by atoms with Crippen molar-refractivity contribution >= 4 is 0 Å². The Kier molecular flexibility index (Phi) is 4.42. The summed E-state index contributed by atoms with van der Waals surface area (Å²) < 4.78 is 0. The van der Waals surface area contributed by atoms with E-state index in [-0.39, 0.29) is 0 Å². The molecular formula is C17H23N. The van der Waals surface area contributed by atoms with E-state index in [2.05, 4.69) is 25.1 Å². The molecular weight excluding hydrogens is 218 g/mol. The monoisotopic (exact) mass is 241 g/mol. The maximum absolute atomic E-state index is 9.34. The number of unbranched alkanes of at least 4 members (excludes halogenated alkanes) is 1. The first-order valence-electron chi connectivity index (χ1n) is 7.32. The smallest absolute Gasteiger partial charge is 0.0994 e. The predicted molar refractivity (Wildman–Crippen MR) is 75.4 cm³/mol. The third-order valence-corrected chi connectivity index (χ3v) is 4.44. The molecule has 0 amide bonds. The molecule has 1 aromatic carbocycles. The highest BCUT2D eigenvalue weighted by atomic mass is 14.4. The van der Waals surface area contributed by atoms with Crippen molar-refractivity contribution in [3.8, 4) is 6.07 Å². The lowest BCUT2D eigenvalue weighted by Crippen LogP contribution is -2.30. The van der Waals surface area contributed by atoms with Crippen LogP contribution in [0.1, 0.15) is 69.4 Å². The molecule has 0 aliphatic heterocycles. The molecule has 1 aromatic rings. The Morgan fingerprint density at radius 1 is 1.17 bits per heavy atom. The van der Waals surface area contributed by atoms with Crippen LogP contribution in [0.2, 0.25) is 0 Å². The molecule has 1 aliphatic carbocycles. The van der Waals surface area contributed by atoms with Crippen molar-refractivity contribution in [3.63, 3.8) is 0 Å². The van der Waals surface area contributed by atoms with Gasteiger partial charge >= 0.3 is 0 Å². The molecule has 0 radical (unpaired) electrons. The van der Waals surface area contributed by atoms with Crippen LogP contribution >= 0.6 is 0 Å². The van der Waals surface area contributed by atoms with Crippen LogP contribution in [0.25, 0.3) is 0 Å². The minimum Gasteiger partial charge on any atom is -0.192 e. The van der Waals surface area contributed by atoms with Crippen molar-refractivity contribution in [1.29, 1.82) is 5.26 Å². The quantitative estimate of drug-likeness (QED) is 0.731. The van der Waals surface area contributed by atoms with Crippen LogP contribution in [0, 0.1) is 11.3 Å². The minimum atomic E-state index is 0.292. The Morgan fingerprint density at radius 2 is 1.89 bits per heavy atom. The van der Waals surface area contributed by atoms with Gasteiger partial charge in [-0.25, -0.2) is 0 Å². The molecule has 18 heavy (non-hydrogen) atoms. The number of nitrogens with zero attached hydrogens (tertiary/aromatic N) is 1. The van der Waals surface area contributed by atoms with Crippen molar-refractivity contribution in [2.45, 2.75) is 63.7 Å². The van der Waals surface area contributed by atoms with Crippen molar-refractivity contribution in [2.24, 2.45) is 0 Å². The Hall–Kier alpha value is -1.29. The Balaban J connectivity index is 2.36. The van der Waals surface area contributed by atoms with Crippen LogP contribution in [-0.4, -0.2) is 0 Å². The first kappa shape index (κ1) is 13.1. The molecule has 1 fully saturated rings. The van der Waals surface area contributed by atoms with Gasteiger partial charge in [0.25, 0.3) is 0 Å². The normalized spacial score (nSPS) is 18.2. The molecule has 1 heteroatoms. The van der Waals surface area contributed by atoms with Crippen molar-refractivity contribution in [2.75, 3.05) is 0 Å². The van der Waals surface area contributed by atoms with E-state index < -0.39 is 0 Å². The third-order valence-electron chi connectivity index (χ3n) is 4.44. The summed E-state index contributed by atoms with van der Waals surface area (Å²) in [7, 11) is 0. The zero-order valence-corrected chi connectivity index (χ0v) is 11.4. The van der Waals surface area contributed by atoms with Gasteiger partial charge in [0, 0.05) is 0 Å². The maximum Gasteiger partial charge on any atom is 0.0994 e. The van der Waals surface area contributed by atoms with Crippen LogP contribution in [0.15, 0.2) is 24.3 Å². The highest BCUT2D eigenvalue weighted by Gasteiger charge is 2.34. The number of hydrogen-bond acceptors (Lipinski definition) is 1. The predicted octanol–water partition coefficient (Wildman–Crippen LogP) is 4.95. The Bertz CT molecular complexity index is 421. The van der Waals surface area contributed by atoms with E-state index in [1.54, 1.807) is 0 Å². The van der Waals surface area contributed by atoms with Gasteiger partial charge in [0.1, 0.15) is 0 Å². The second-order valence-corrected chi connectivity index (χ2v) is 5.60. The first-order valence-corrected chi connectivity index (χ1v) is 7.32. The molecule has 2 rings (SSSR count). The number of rotatable bonds is 4. The third kappa shape index (κ3) is 2.58. The molecule has 1 saturated carbocycles. The van der Waals surface area contributed by atoms with Gasteiger partial charge in [-0.1, -0.05) is 57.2 Å². The summed E-state index contributed by atoms with van der Waals surface area (Å²) in [5, 5.41) is 9.34. The van der Waals surface area contributed by atoms with Gasteiger partial charge in [0.15, 0.2) is 0 Å². The minimum absolute atomic E-state index is 0.292. The van der Waals surface area contributed by atoms with E-state index >= 15 is 0 Å². The van der Waals surface area contributed by atoms with Gasteiger partial charge < -0.3 is 0 Å². The van der Waals surface area contributed by atoms with E-state index in [4.69, 9.17) is 0 Å². The summed E-state index contributed by atoms with van der Waals surface area (Å²) in [5.41, 5.74) is 2.51. The number of benzene rings is 1. The summed E-state index contributed by atoms with van der Waals surface area (Å²) >= 11 is 0. The fraction of sp³-hybridized carbons (Fsp3) is 0.588. The molecule has 1 aliphatic rings. The Morgan fingerprint density at radius 3 is 2.56 bits per heavy atom. The average molecular weight is 241 g/mol. The van der Waals surface area contributed by atoms with Crippen LogP contribution in [0.4, 0.5) is 0 Å². The summed E-state index contributed by atoms with van der Waals surface area (Å²) in [6, 6.07) is 10.7. The summed E-state index contributed by atoms with van der Waals surface area (Å²) in [6.07, 6.45) is 10.3. The molecule has 0 bridgehead atoms. The largest absolute Gasteiger partial charge is 0.192 e. The highest BCUT2D eigenvalue weighted by Crippen LogP contribution is 2.44. The van der Waals surface area contributed by atoms with Gasteiger partial charge in [-0.2, -0.15) is 5.26 Å². The number of nitriles is 1. The molecule has 0 spiro atoms. The number of hydrogen-bond donors (Lipinski definition) is 0. The van der Waals surface area contributed by atoms with Gasteiger partial charge in [0.2, 0.25) is 0 Å². The molecule has 0 saturated heterocycles. The topological polar surface area (TPSA) is 23.8 Å². The summed E-state index contributed by atoms with van der Waals surface area (Å²) in [6.45, 7) is 2.26. The van der Waals surface area contributed by atoms with Crippen molar-refractivity contribution in [1.82, 2.24) is 0 Å². The van der Waals surface area contributed by atoms with Crippen molar-refractivity contribution in [3.05, 3.63) is 35.4 Å². The van der Waals surface area contributed by atoms with E-state index in [1.165, 1.54) is 56.9 Å².